The van der Waals surface area contributed by atoms with E-state index in [4.69, 9.17) is 5.11 Å². The van der Waals surface area contributed by atoms with Gasteiger partial charge in [-0.1, -0.05) is 0 Å². The summed E-state index contributed by atoms with van der Waals surface area (Å²) in [7, 11) is 0. The van der Waals surface area contributed by atoms with Crippen molar-refractivity contribution >= 4 is 29.2 Å². The monoisotopic (exact) mass is 318 g/mol. The maximum Gasteiger partial charge on any atom is 0.303 e. The van der Waals surface area contributed by atoms with Gasteiger partial charge in [0, 0.05) is 37.2 Å². The van der Waals surface area contributed by atoms with Crippen molar-refractivity contribution in [2.45, 2.75) is 45.4 Å². The number of nitrogens with one attached hydrogen (secondary N) is 1. The Morgan fingerprint density at radius 1 is 1.22 bits per heavy atom. The standard InChI is InChI=1S/C17H22N2O4/c1-2-19-14-9-8-13(11-12(14)7-10-16(19)21)18-15(20)5-3-4-6-17(22)23/h8-9,11H,2-7,10H2,1H3,(H,18,20)(H,22,23). The molecule has 6 nitrogen and oxygen atoms in total. The van der Waals surface area contributed by atoms with Crippen LogP contribution >= 0.6 is 0 Å². The van der Waals surface area contributed by atoms with E-state index in [2.05, 4.69) is 5.32 Å². The fraction of sp³-hybridized carbons (Fsp3) is 0.471. The van der Waals surface area contributed by atoms with Crippen molar-refractivity contribution in [3.63, 3.8) is 0 Å². The van der Waals surface area contributed by atoms with E-state index in [0.29, 0.717) is 38.6 Å². The van der Waals surface area contributed by atoms with Crippen molar-refractivity contribution in [3.05, 3.63) is 23.8 Å². The number of amides is 2. The lowest BCUT2D eigenvalue weighted by Crippen LogP contribution is -2.34. The molecule has 1 heterocycles. The number of carboxylic acids is 1. The van der Waals surface area contributed by atoms with Crippen molar-refractivity contribution in [1.29, 1.82) is 0 Å². The summed E-state index contributed by atoms with van der Waals surface area (Å²) in [5.74, 6) is -0.820. The molecule has 2 amide bonds. The highest BCUT2D eigenvalue weighted by molar-refractivity contribution is 5.97. The second-order valence-electron chi connectivity index (χ2n) is 5.63. The highest BCUT2D eigenvalue weighted by Crippen LogP contribution is 2.30. The van der Waals surface area contributed by atoms with Gasteiger partial charge in [-0.05, 0) is 49.9 Å². The van der Waals surface area contributed by atoms with Gasteiger partial charge in [0.1, 0.15) is 0 Å². The summed E-state index contributed by atoms with van der Waals surface area (Å²) in [6.07, 6.45) is 2.64. The van der Waals surface area contributed by atoms with Crippen LogP contribution in [-0.4, -0.2) is 29.4 Å². The van der Waals surface area contributed by atoms with E-state index in [-0.39, 0.29) is 18.2 Å². The molecular formula is C17H22N2O4. The highest BCUT2D eigenvalue weighted by Gasteiger charge is 2.22. The number of nitrogens with zero attached hydrogens (tertiary/aromatic N) is 1. The predicted octanol–water partition coefficient (Wildman–Crippen LogP) is 2.57. The van der Waals surface area contributed by atoms with E-state index in [1.807, 2.05) is 19.1 Å². The molecule has 6 heteroatoms. The molecule has 0 radical (unpaired) electrons. The molecule has 2 N–H and O–H groups in total. The summed E-state index contributed by atoms with van der Waals surface area (Å²) in [6, 6.07) is 5.59. The van der Waals surface area contributed by atoms with E-state index in [0.717, 1.165) is 16.9 Å². The average Bonchev–Trinajstić information content (AvgIpc) is 2.51. The Balaban J connectivity index is 1.93. The molecule has 1 aromatic carbocycles. The number of carbonyl (C=O) groups is 3. The van der Waals surface area contributed by atoms with Crippen LogP contribution in [0, 0.1) is 0 Å². The van der Waals surface area contributed by atoms with Crippen LogP contribution in [0.4, 0.5) is 11.4 Å². The second-order valence-corrected chi connectivity index (χ2v) is 5.63. The van der Waals surface area contributed by atoms with Gasteiger partial charge in [0.15, 0.2) is 0 Å². The number of hydrogen-bond donors (Lipinski definition) is 2. The number of fused-ring (bicyclic) bond motifs is 1. The molecule has 0 aliphatic carbocycles. The molecule has 1 aliphatic rings. The van der Waals surface area contributed by atoms with Crippen LogP contribution in [0.2, 0.25) is 0 Å². The van der Waals surface area contributed by atoms with E-state index in [1.54, 1.807) is 11.0 Å². The Morgan fingerprint density at radius 2 is 1.96 bits per heavy atom. The molecule has 0 aromatic heterocycles. The minimum absolute atomic E-state index is 0.0903. The summed E-state index contributed by atoms with van der Waals surface area (Å²) in [5, 5.41) is 11.4. The molecule has 0 bridgehead atoms. The highest BCUT2D eigenvalue weighted by atomic mass is 16.4. The number of carbonyl (C=O) groups excluding carboxylic acids is 2. The van der Waals surface area contributed by atoms with Gasteiger partial charge < -0.3 is 15.3 Å². The maximum atomic E-state index is 11.9. The largest absolute Gasteiger partial charge is 0.481 e. The van der Waals surface area contributed by atoms with Crippen molar-refractivity contribution < 1.29 is 19.5 Å². The van der Waals surface area contributed by atoms with Crippen LogP contribution in [0.5, 0.6) is 0 Å². The van der Waals surface area contributed by atoms with Gasteiger partial charge >= 0.3 is 5.97 Å². The van der Waals surface area contributed by atoms with Crippen LogP contribution in [0.25, 0.3) is 0 Å². The lowest BCUT2D eigenvalue weighted by atomic mass is 10.0. The van der Waals surface area contributed by atoms with Crippen LogP contribution in [0.3, 0.4) is 0 Å². The lowest BCUT2D eigenvalue weighted by molar-refractivity contribution is -0.137. The zero-order valence-corrected chi connectivity index (χ0v) is 13.3. The van der Waals surface area contributed by atoms with E-state index < -0.39 is 5.97 Å². The molecule has 0 unspecified atom stereocenters. The number of hydrogen-bond acceptors (Lipinski definition) is 3. The van der Waals surface area contributed by atoms with E-state index in [9.17, 15) is 14.4 Å². The maximum absolute atomic E-state index is 11.9. The van der Waals surface area contributed by atoms with E-state index >= 15 is 0 Å². The smallest absolute Gasteiger partial charge is 0.303 e. The fourth-order valence-electron chi connectivity index (χ4n) is 2.77. The first-order valence-electron chi connectivity index (χ1n) is 7.96. The Kier molecular flexibility index (Phi) is 5.73. The Morgan fingerprint density at radius 3 is 2.65 bits per heavy atom. The molecule has 0 atom stereocenters. The molecule has 1 aliphatic heterocycles. The zero-order valence-electron chi connectivity index (χ0n) is 13.3. The number of carboxylic acid groups (broad SMARTS) is 1. The summed E-state index contributed by atoms with van der Waals surface area (Å²) in [6.45, 7) is 2.58. The average molecular weight is 318 g/mol. The van der Waals surface area contributed by atoms with Gasteiger partial charge in [-0.15, -0.1) is 0 Å². The fourth-order valence-corrected chi connectivity index (χ4v) is 2.77. The molecule has 2 rings (SSSR count). The predicted molar refractivity (Wildman–Crippen MR) is 87.5 cm³/mol. The first-order chi connectivity index (χ1) is 11.0. The van der Waals surface area contributed by atoms with Gasteiger partial charge in [0.05, 0.1) is 0 Å². The third-order valence-corrected chi connectivity index (χ3v) is 3.92. The van der Waals surface area contributed by atoms with Crippen LogP contribution < -0.4 is 10.2 Å². The molecule has 0 spiro atoms. The van der Waals surface area contributed by atoms with Gasteiger partial charge in [-0.2, -0.15) is 0 Å². The molecule has 0 saturated heterocycles. The molecule has 0 fully saturated rings. The van der Waals surface area contributed by atoms with Crippen molar-refractivity contribution in [3.8, 4) is 0 Å². The van der Waals surface area contributed by atoms with Gasteiger partial charge in [0.25, 0.3) is 0 Å². The summed E-state index contributed by atoms with van der Waals surface area (Å²) < 4.78 is 0. The van der Waals surface area contributed by atoms with Gasteiger partial charge in [-0.3, -0.25) is 14.4 Å². The molecule has 124 valence electrons. The lowest BCUT2D eigenvalue weighted by Gasteiger charge is -2.28. The van der Waals surface area contributed by atoms with Crippen molar-refractivity contribution in [2.24, 2.45) is 0 Å². The minimum Gasteiger partial charge on any atom is -0.481 e. The van der Waals surface area contributed by atoms with Gasteiger partial charge in [0.2, 0.25) is 11.8 Å². The Labute approximate surface area is 135 Å². The van der Waals surface area contributed by atoms with Crippen LogP contribution in [0.15, 0.2) is 18.2 Å². The van der Waals surface area contributed by atoms with Crippen LogP contribution in [-0.2, 0) is 20.8 Å². The molecule has 23 heavy (non-hydrogen) atoms. The molecule has 1 aromatic rings. The number of rotatable bonds is 7. The van der Waals surface area contributed by atoms with Gasteiger partial charge in [-0.25, -0.2) is 0 Å². The summed E-state index contributed by atoms with van der Waals surface area (Å²) in [4.78, 5) is 35.9. The van der Waals surface area contributed by atoms with Crippen LogP contribution in [0.1, 0.15) is 44.6 Å². The number of anilines is 2. The number of benzene rings is 1. The third-order valence-electron chi connectivity index (χ3n) is 3.92. The topological polar surface area (TPSA) is 86.7 Å². The van der Waals surface area contributed by atoms with Crippen molar-refractivity contribution in [1.82, 2.24) is 0 Å². The summed E-state index contributed by atoms with van der Waals surface area (Å²) >= 11 is 0. The second kappa shape index (κ2) is 7.76. The quantitative estimate of drug-likeness (QED) is 0.756. The first-order valence-corrected chi connectivity index (χ1v) is 7.96. The van der Waals surface area contributed by atoms with Crippen molar-refractivity contribution in [2.75, 3.05) is 16.8 Å². The summed E-state index contributed by atoms with van der Waals surface area (Å²) in [5.41, 5.74) is 2.70. The Hall–Kier alpha value is -2.37. The molecule has 0 saturated carbocycles. The number of unbranched alkanes of at least 4 members (excludes halogenated alkanes) is 1. The number of aliphatic carboxylic acids is 1. The normalized spacial score (nSPS) is 13.6. The Bertz CT molecular complexity index is 613. The van der Waals surface area contributed by atoms with E-state index in [1.165, 1.54) is 0 Å². The number of aryl methyl sites for hydroxylation is 1. The SMILES string of the molecule is CCN1C(=O)CCc2cc(NC(=O)CCCCC(=O)O)ccc21. The zero-order chi connectivity index (χ0) is 16.8. The first kappa shape index (κ1) is 17.0. The molecular weight excluding hydrogens is 296 g/mol. The third kappa shape index (κ3) is 4.55. The minimum atomic E-state index is -0.838.